The van der Waals surface area contributed by atoms with Crippen LogP contribution in [0.1, 0.15) is 22.8 Å². The average Bonchev–Trinajstić information content (AvgIpc) is 2.55. The van der Waals surface area contributed by atoms with Gasteiger partial charge in [0, 0.05) is 5.56 Å². The van der Waals surface area contributed by atoms with Crippen LogP contribution < -0.4 is 5.56 Å². The smallest absolute Gasteiger partial charge is 0.269 e. The molecule has 0 aliphatic heterocycles. The van der Waals surface area contributed by atoms with E-state index in [2.05, 4.69) is 4.98 Å². The predicted molar refractivity (Wildman–Crippen MR) is 88.9 cm³/mol. The Labute approximate surface area is 132 Å². The van der Waals surface area contributed by atoms with Crippen molar-refractivity contribution in [2.75, 3.05) is 0 Å². The summed E-state index contributed by atoms with van der Waals surface area (Å²) in [6.07, 6.45) is 0.893. The van der Waals surface area contributed by atoms with E-state index >= 15 is 0 Å². The summed E-state index contributed by atoms with van der Waals surface area (Å²) in [6, 6.07) is 14.2. The quantitative estimate of drug-likeness (QED) is 0.739. The van der Waals surface area contributed by atoms with Gasteiger partial charge < -0.3 is 4.98 Å². The van der Waals surface area contributed by atoms with Gasteiger partial charge in [-0.25, -0.2) is 4.57 Å². The zero-order valence-electron chi connectivity index (χ0n) is 12.0. The number of nitrogens with zero attached hydrogens (tertiary/aromatic N) is 1. The van der Waals surface area contributed by atoms with E-state index in [1.54, 1.807) is 30.3 Å². The van der Waals surface area contributed by atoms with E-state index in [1.807, 2.05) is 25.1 Å². The van der Waals surface area contributed by atoms with Gasteiger partial charge in [-0.2, -0.15) is 0 Å². The summed E-state index contributed by atoms with van der Waals surface area (Å²) in [4.78, 5) is 28.1. The van der Waals surface area contributed by atoms with Crippen molar-refractivity contribution in [1.29, 1.82) is 0 Å². The molecule has 1 aromatic heterocycles. The molecule has 4 nitrogen and oxygen atoms in total. The number of para-hydroxylation sites is 1. The zero-order valence-corrected chi connectivity index (χ0v) is 12.8. The third kappa shape index (κ3) is 2.40. The van der Waals surface area contributed by atoms with Crippen molar-refractivity contribution in [1.82, 2.24) is 9.55 Å². The van der Waals surface area contributed by atoms with Crippen LogP contribution in [0, 0.1) is 4.77 Å². The first-order chi connectivity index (χ1) is 10.6. The lowest BCUT2D eigenvalue weighted by Gasteiger charge is -2.07. The molecule has 22 heavy (non-hydrogen) atoms. The minimum absolute atomic E-state index is 0.105. The van der Waals surface area contributed by atoms with Gasteiger partial charge in [0.1, 0.15) is 0 Å². The van der Waals surface area contributed by atoms with Gasteiger partial charge in [0.15, 0.2) is 4.77 Å². The van der Waals surface area contributed by atoms with Crippen molar-refractivity contribution >= 4 is 29.0 Å². The molecule has 0 aliphatic carbocycles. The van der Waals surface area contributed by atoms with E-state index < -0.39 is 11.5 Å². The number of H-pyrrole nitrogens is 1. The second-order valence-electron chi connectivity index (χ2n) is 4.97. The number of nitrogens with one attached hydrogen (secondary N) is 1. The monoisotopic (exact) mass is 310 g/mol. The second kappa shape index (κ2) is 5.69. The molecule has 0 bridgehead atoms. The first-order valence-corrected chi connectivity index (χ1v) is 7.40. The van der Waals surface area contributed by atoms with Crippen LogP contribution in [0.4, 0.5) is 0 Å². The number of rotatable bonds is 2. The van der Waals surface area contributed by atoms with Crippen LogP contribution in [0.15, 0.2) is 53.3 Å². The van der Waals surface area contributed by atoms with Gasteiger partial charge >= 0.3 is 0 Å². The SMILES string of the molecule is CCc1ccc(C(=O)n2c(=S)[nH]c3ccccc3c2=O)cc1. The first kappa shape index (κ1) is 14.4. The van der Waals surface area contributed by atoms with Crippen LogP contribution >= 0.6 is 12.2 Å². The molecule has 0 spiro atoms. The van der Waals surface area contributed by atoms with Gasteiger partial charge in [-0.15, -0.1) is 0 Å². The van der Waals surface area contributed by atoms with E-state index in [4.69, 9.17) is 12.2 Å². The number of aromatic nitrogens is 2. The maximum atomic E-state index is 12.6. The molecule has 3 aromatic rings. The van der Waals surface area contributed by atoms with E-state index in [9.17, 15) is 9.59 Å². The topological polar surface area (TPSA) is 54.9 Å². The summed E-state index contributed by atoms with van der Waals surface area (Å²) >= 11 is 5.18. The molecule has 0 atom stereocenters. The molecule has 110 valence electrons. The number of hydrogen-bond donors (Lipinski definition) is 1. The maximum Gasteiger partial charge on any atom is 0.269 e. The Morgan fingerprint density at radius 3 is 2.50 bits per heavy atom. The number of aryl methyl sites for hydroxylation is 1. The summed E-state index contributed by atoms with van der Waals surface area (Å²) < 4.78 is 1.12. The Balaban J connectivity index is 2.18. The predicted octanol–water partition coefficient (Wildman–Crippen LogP) is 3.31. The van der Waals surface area contributed by atoms with Gasteiger partial charge in [0.25, 0.3) is 11.5 Å². The number of carbonyl (C=O) groups excluding carboxylic acids is 1. The van der Waals surface area contributed by atoms with Gasteiger partial charge in [0.2, 0.25) is 0 Å². The van der Waals surface area contributed by atoms with E-state index in [0.29, 0.717) is 16.5 Å². The van der Waals surface area contributed by atoms with Crippen molar-refractivity contribution in [3.63, 3.8) is 0 Å². The molecule has 0 unspecified atom stereocenters. The van der Waals surface area contributed by atoms with Crippen molar-refractivity contribution in [3.05, 3.63) is 74.8 Å². The van der Waals surface area contributed by atoms with Crippen molar-refractivity contribution in [2.45, 2.75) is 13.3 Å². The molecule has 0 fully saturated rings. The van der Waals surface area contributed by atoms with Crippen molar-refractivity contribution in [2.24, 2.45) is 0 Å². The maximum absolute atomic E-state index is 12.6. The standard InChI is InChI=1S/C17H14N2O2S/c1-2-11-7-9-12(10-8-11)15(20)19-16(21)13-5-3-4-6-14(13)18-17(19)22/h3-10H,2H2,1H3,(H,18,22). The number of benzene rings is 2. The molecular weight excluding hydrogens is 296 g/mol. The van der Waals surface area contributed by atoms with Crippen LogP contribution in [-0.4, -0.2) is 15.5 Å². The van der Waals surface area contributed by atoms with Crippen LogP contribution in [0.5, 0.6) is 0 Å². The molecule has 1 N–H and O–H groups in total. The summed E-state index contributed by atoms with van der Waals surface area (Å²) in [5, 5.41) is 0.439. The molecule has 0 saturated carbocycles. The van der Waals surface area contributed by atoms with Crippen LogP contribution in [0.2, 0.25) is 0 Å². The zero-order chi connectivity index (χ0) is 15.7. The lowest BCUT2D eigenvalue weighted by atomic mass is 10.1. The summed E-state index contributed by atoms with van der Waals surface area (Å²) in [5.41, 5.74) is 1.80. The van der Waals surface area contributed by atoms with Gasteiger partial charge in [-0.1, -0.05) is 31.2 Å². The Kier molecular flexibility index (Phi) is 3.73. The first-order valence-electron chi connectivity index (χ1n) is 6.99. The van der Waals surface area contributed by atoms with Gasteiger partial charge in [-0.3, -0.25) is 9.59 Å². The highest BCUT2D eigenvalue weighted by atomic mass is 32.1. The number of carbonyl (C=O) groups is 1. The van der Waals surface area contributed by atoms with Crippen molar-refractivity contribution < 1.29 is 4.79 Å². The largest absolute Gasteiger partial charge is 0.331 e. The van der Waals surface area contributed by atoms with Crippen molar-refractivity contribution in [3.8, 4) is 0 Å². The van der Waals surface area contributed by atoms with Gasteiger partial charge in [-0.05, 0) is 48.5 Å². The fourth-order valence-corrected chi connectivity index (χ4v) is 2.63. The van der Waals surface area contributed by atoms with Crippen LogP contribution in [0.3, 0.4) is 0 Å². The molecule has 0 saturated heterocycles. The molecule has 0 amide bonds. The molecule has 3 rings (SSSR count). The number of fused-ring (bicyclic) bond motifs is 1. The van der Waals surface area contributed by atoms with Crippen LogP contribution in [-0.2, 0) is 6.42 Å². The lowest BCUT2D eigenvalue weighted by Crippen LogP contribution is -2.29. The number of hydrogen-bond acceptors (Lipinski definition) is 3. The Hall–Kier alpha value is -2.53. The van der Waals surface area contributed by atoms with Gasteiger partial charge in [0.05, 0.1) is 10.9 Å². The normalized spacial score (nSPS) is 10.8. The Morgan fingerprint density at radius 2 is 1.82 bits per heavy atom. The highest BCUT2D eigenvalue weighted by Crippen LogP contribution is 2.09. The van der Waals surface area contributed by atoms with E-state index in [-0.39, 0.29) is 4.77 Å². The van der Waals surface area contributed by atoms with E-state index in [0.717, 1.165) is 16.6 Å². The Bertz CT molecular complexity index is 968. The highest BCUT2D eigenvalue weighted by Gasteiger charge is 2.14. The molecule has 0 radical (unpaired) electrons. The lowest BCUT2D eigenvalue weighted by molar-refractivity contribution is 0.0953. The molecule has 2 aromatic carbocycles. The highest BCUT2D eigenvalue weighted by molar-refractivity contribution is 7.71. The molecule has 1 heterocycles. The van der Waals surface area contributed by atoms with Crippen LogP contribution in [0.25, 0.3) is 10.9 Å². The summed E-state index contributed by atoms with van der Waals surface area (Å²) in [7, 11) is 0. The third-order valence-corrected chi connectivity index (χ3v) is 3.90. The second-order valence-corrected chi connectivity index (χ2v) is 5.36. The minimum atomic E-state index is -0.417. The summed E-state index contributed by atoms with van der Waals surface area (Å²) in [5.74, 6) is -0.417. The van der Waals surface area contributed by atoms with E-state index in [1.165, 1.54) is 0 Å². The fraction of sp³-hybridized carbons (Fsp3) is 0.118. The molecular formula is C17H14N2O2S. The minimum Gasteiger partial charge on any atom is -0.331 e. The fourth-order valence-electron chi connectivity index (χ4n) is 2.36. The molecule has 0 aliphatic rings. The summed E-state index contributed by atoms with van der Waals surface area (Å²) in [6.45, 7) is 2.04. The average molecular weight is 310 g/mol. The number of aromatic amines is 1. The third-order valence-electron chi connectivity index (χ3n) is 3.62. The molecule has 5 heteroatoms. The Morgan fingerprint density at radius 1 is 1.14 bits per heavy atom.